The van der Waals surface area contributed by atoms with Gasteiger partial charge in [-0.3, -0.25) is 4.79 Å². The Morgan fingerprint density at radius 1 is 1.58 bits per heavy atom. The molecule has 0 aliphatic heterocycles. The lowest BCUT2D eigenvalue weighted by atomic mass is 9.85. The molecule has 1 heterocycles. The van der Waals surface area contributed by atoms with Crippen LogP contribution in [0, 0.1) is 5.92 Å². The minimum Gasteiger partial charge on any atom is -0.465 e. The third kappa shape index (κ3) is 3.26. The fraction of sp³-hybridized carbons (Fsp3) is 0.714. The van der Waals surface area contributed by atoms with Crippen molar-refractivity contribution in [3.05, 3.63) is 11.1 Å². The lowest BCUT2D eigenvalue weighted by molar-refractivity contribution is -0.148. The Balaban J connectivity index is 1.96. The Morgan fingerprint density at radius 2 is 2.32 bits per heavy atom. The highest BCUT2D eigenvalue weighted by atomic mass is 32.1. The summed E-state index contributed by atoms with van der Waals surface area (Å²) in [6, 6.07) is 0. The SMILES string of the molecule is CCOC(=O)C(C)(C)c1csc(NCC2CCC2)n1. The maximum atomic E-state index is 11.9. The fourth-order valence-electron chi connectivity index (χ4n) is 1.99. The van der Waals surface area contributed by atoms with E-state index < -0.39 is 5.41 Å². The number of anilines is 1. The second-order valence-electron chi connectivity index (χ2n) is 5.56. The second kappa shape index (κ2) is 5.90. The predicted octanol–water partition coefficient (Wildman–Crippen LogP) is 3.20. The van der Waals surface area contributed by atoms with E-state index in [0.717, 1.165) is 23.3 Å². The number of esters is 1. The summed E-state index contributed by atoms with van der Waals surface area (Å²) in [6.45, 7) is 6.93. The van der Waals surface area contributed by atoms with Crippen LogP contribution in [0.3, 0.4) is 0 Å². The average molecular weight is 282 g/mol. The summed E-state index contributed by atoms with van der Waals surface area (Å²) in [6.07, 6.45) is 3.99. The molecule has 0 bridgehead atoms. The third-order valence-electron chi connectivity index (χ3n) is 3.70. The van der Waals surface area contributed by atoms with E-state index in [0.29, 0.717) is 6.61 Å². The summed E-state index contributed by atoms with van der Waals surface area (Å²) in [5.74, 6) is 0.580. The number of ether oxygens (including phenoxy) is 1. The summed E-state index contributed by atoms with van der Waals surface area (Å²) < 4.78 is 5.10. The summed E-state index contributed by atoms with van der Waals surface area (Å²) in [4.78, 5) is 16.4. The molecule has 1 aliphatic rings. The number of nitrogens with zero attached hydrogens (tertiary/aromatic N) is 1. The molecule has 1 aliphatic carbocycles. The van der Waals surface area contributed by atoms with Crippen LogP contribution in [-0.2, 0) is 14.9 Å². The standard InChI is InChI=1S/C14H22N2O2S/c1-4-18-12(17)14(2,3)11-9-19-13(16-11)15-8-10-6-5-7-10/h9-10H,4-8H2,1-3H3,(H,15,16). The average Bonchev–Trinajstić information content (AvgIpc) is 2.76. The van der Waals surface area contributed by atoms with Gasteiger partial charge in [-0.25, -0.2) is 4.98 Å². The van der Waals surface area contributed by atoms with E-state index in [1.54, 1.807) is 11.3 Å². The number of carbonyl (C=O) groups is 1. The molecule has 0 spiro atoms. The normalized spacial score (nSPS) is 15.9. The molecule has 1 aromatic rings. The Kier molecular flexibility index (Phi) is 4.45. The van der Waals surface area contributed by atoms with Gasteiger partial charge in [-0.1, -0.05) is 6.42 Å². The van der Waals surface area contributed by atoms with Gasteiger partial charge in [0.05, 0.1) is 12.3 Å². The highest BCUT2D eigenvalue weighted by Crippen LogP contribution is 2.30. The molecular weight excluding hydrogens is 260 g/mol. The smallest absolute Gasteiger partial charge is 0.317 e. The number of aromatic nitrogens is 1. The van der Waals surface area contributed by atoms with Crippen molar-refractivity contribution in [2.45, 2.75) is 45.4 Å². The van der Waals surface area contributed by atoms with Crippen LogP contribution in [0.25, 0.3) is 0 Å². The molecule has 4 nitrogen and oxygen atoms in total. The molecule has 1 aromatic heterocycles. The largest absolute Gasteiger partial charge is 0.465 e. The van der Waals surface area contributed by atoms with E-state index in [1.165, 1.54) is 19.3 Å². The van der Waals surface area contributed by atoms with Crippen LogP contribution in [0.5, 0.6) is 0 Å². The van der Waals surface area contributed by atoms with Crippen LogP contribution in [-0.4, -0.2) is 24.1 Å². The third-order valence-corrected chi connectivity index (χ3v) is 4.50. The van der Waals surface area contributed by atoms with E-state index in [2.05, 4.69) is 10.3 Å². The summed E-state index contributed by atoms with van der Waals surface area (Å²) in [5.41, 5.74) is 0.107. The van der Waals surface area contributed by atoms with Crippen molar-refractivity contribution in [3.8, 4) is 0 Å². The van der Waals surface area contributed by atoms with Gasteiger partial charge in [0.15, 0.2) is 5.13 Å². The van der Waals surface area contributed by atoms with Gasteiger partial charge >= 0.3 is 5.97 Å². The van der Waals surface area contributed by atoms with Crippen LogP contribution in [0.4, 0.5) is 5.13 Å². The van der Waals surface area contributed by atoms with Crippen molar-refractivity contribution in [1.82, 2.24) is 4.98 Å². The topological polar surface area (TPSA) is 51.2 Å². The molecule has 106 valence electrons. The molecule has 2 rings (SSSR count). The molecular formula is C14H22N2O2S. The van der Waals surface area contributed by atoms with E-state index in [1.807, 2.05) is 26.2 Å². The van der Waals surface area contributed by atoms with Gasteiger partial charge in [0.2, 0.25) is 0 Å². The molecule has 0 amide bonds. The van der Waals surface area contributed by atoms with Gasteiger partial charge in [0.1, 0.15) is 5.41 Å². The van der Waals surface area contributed by atoms with Crippen molar-refractivity contribution in [2.75, 3.05) is 18.5 Å². The number of rotatable bonds is 6. The molecule has 0 atom stereocenters. The Morgan fingerprint density at radius 3 is 2.89 bits per heavy atom. The molecule has 0 unspecified atom stereocenters. The highest BCUT2D eigenvalue weighted by molar-refractivity contribution is 7.13. The summed E-state index contributed by atoms with van der Waals surface area (Å²) >= 11 is 1.56. The lowest BCUT2D eigenvalue weighted by Crippen LogP contribution is -2.31. The monoisotopic (exact) mass is 282 g/mol. The predicted molar refractivity (Wildman–Crippen MR) is 77.6 cm³/mol. The minimum absolute atomic E-state index is 0.217. The Bertz CT molecular complexity index is 438. The van der Waals surface area contributed by atoms with Gasteiger partial charge in [0.25, 0.3) is 0 Å². The van der Waals surface area contributed by atoms with Crippen LogP contribution in [0.2, 0.25) is 0 Å². The van der Waals surface area contributed by atoms with Gasteiger partial charge in [-0.15, -0.1) is 11.3 Å². The molecule has 0 aromatic carbocycles. The lowest BCUT2D eigenvalue weighted by Gasteiger charge is -2.25. The first kappa shape index (κ1) is 14.3. The summed E-state index contributed by atoms with van der Waals surface area (Å²) in [7, 11) is 0. The first-order chi connectivity index (χ1) is 9.04. The molecule has 0 radical (unpaired) electrons. The molecule has 1 fully saturated rings. The maximum absolute atomic E-state index is 11.9. The van der Waals surface area contributed by atoms with Crippen molar-refractivity contribution >= 4 is 22.4 Å². The maximum Gasteiger partial charge on any atom is 0.317 e. The van der Waals surface area contributed by atoms with Crippen LogP contribution < -0.4 is 5.32 Å². The first-order valence-electron chi connectivity index (χ1n) is 6.91. The first-order valence-corrected chi connectivity index (χ1v) is 7.79. The van der Waals surface area contributed by atoms with Gasteiger partial charge in [-0.2, -0.15) is 0 Å². The molecule has 1 N–H and O–H groups in total. The number of thiazole rings is 1. The molecule has 19 heavy (non-hydrogen) atoms. The second-order valence-corrected chi connectivity index (χ2v) is 6.42. The van der Waals surface area contributed by atoms with Gasteiger partial charge in [0, 0.05) is 11.9 Å². The van der Waals surface area contributed by atoms with Crippen molar-refractivity contribution in [3.63, 3.8) is 0 Å². The Labute approximate surface area is 118 Å². The van der Waals surface area contributed by atoms with E-state index in [9.17, 15) is 4.79 Å². The molecule has 0 saturated heterocycles. The van der Waals surface area contributed by atoms with Crippen molar-refractivity contribution in [1.29, 1.82) is 0 Å². The molecule has 1 saturated carbocycles. The fourth-order valence-corrected chi connectivity index (χ4v) is 2.87. The van der Waals surface area contributed by atoms with Crippen molar-refractivity contribution in [2.24, 2.45) is 5.92 Å². The van der Waals surface area contributed by atoms with Crippen LogP contribution in [0.15, 0.2) is 5.38 Å². The van der Waals surface area contributed by atoms with Crippen LogP contribution in [0.1, 0.15) is 45.7 Å². The zero-order valence-electron chi connectivity index (χ0n) is 11.9. The van der Waals surface area contributed by atoms with E-state index in [-0.39, 0.29) is 5.97 Å². The van der Waals surface area contributed by atoms with Crippen molar-refractivity contribution < 1.29 is 9.53 Å². The quantitative estimate of drug-likeness (QED) is 0.814. The number of hydrogen-bond donors (Lipinski definition) is 1. The van der Waals surface area contributed by atoms with Gasteiger partial charge in [-0.05, 0) is 39.5 Å². The number of carbonyl (C=O) groups excluding carboxylic acids is 1. The zero-order chi connectivity index (χ0) is 13.9. The zero-order valence-corrected chi connectivity index (χ0v) is 12.7. The van der Waals surface area contributed by atoms with E-state index in [4.69, 9.17) is 4.74 Å². The minimum atomic E-state index is -0.678. The van der Waals surface area contributed by atoms with Gasteiger partial charge < -0.3 is 10.1 Å². The summed E-state index contributed by atoms with van der Waals surface area (Å²) in [5, 5.41) is 6.21. The highest BCUT2D eigenvalue weighted by Gasteiger charge is 2.34. The van der Waals surface area contributed by atoms with E-state index >= 15 is 0 Å². The number of nitrogens with one attached hydrogen (secondary N) is 1. The van der Waals surface area contributed by atoms with Crippen LogP contribution >= 0.6 is 11.3 Å². The number of hydrogen-bond acceptors (Lipinski definition) is 5. The Hall–Kier alpha value is -1.10. The molecule has 5 heteroatoms.